The number of hydrogen-bond donors (Lipinski definition) is 2. The lowest BCUT2D eigenvalue weighted by Gasteiger charge is -2.10. The van der Waals surface area contributed by atoms with Crippen LogP contribution in [0.3, 0.4) is 0 Å². The zero-order valence-electron chi connectivity index (χ0n) is 12.6. The summed E-state index contributed by atoms with van der Waals surface area (Å²) >= 11 is 7.58. The van der Waals surface area contributed by atoms with E-state index in [2.05, 4.69) is 12.2 Å². The molecule has 6 heteroatoms. The second-order valence-corrected chi connectivity index (χ2v) is 6.81. The van der Waals surface area contributed by atoms with Gasteiger partial charge in [-0.15, -0.1) is 11.3 Å². The zero-order chi connectivity index (χ0) is 16.1. The molecule has 118 valence electrons. The normalized spacial score (nSPS) is 12.3. The standard InChI is InChI=1S/C16H19ClN2O2S/c1-10(18-9-3-4-14(20)21)16-19-15(11(2)22-16)12-5-7-13(17)8-6-12/h5-8,10,18H,3-4,9H2,1-2H3,(H,20,21). The Morgan fingerprint density at radius 2 is 2.09 bits per heavy atom. The average molecular weight is 339 g/mol. The molecule has 2 N–H and O–H groups in total. The third kappa shape index (κ3) is 4.53. The van der Waals surface area contributed by atoms with Gasteiger partial charge in [0.2, 0.25) is 0 Å². The van der Waals surface area contributed by atoms with Gasteiger partial charge in [-0.25, -0.2) is 4.98 Å². The van der Waals surface area contributed by atoms with E-state index in [0.29, 0.717) is 18.0 Å². The van der Waals surface area contributed by atoms with E-state index in [1.165, 1.54) is 0 Å². The van der Waals surface area contributed by atoms with Crippen LogP contribution < -0.4 is 5.32 Å². The maximum absolute atomic E-state index is 10.5. The first kappa shape index (κ1) is 16.9. The van der Waals surface area contributed by atoms with E-state index in [-0.39, 0.29) is 12.5 Å². The Labute approximate surface area is 139 Å². The number of aliphatic carboxylic acids is 1. The summed E-state index contributed by atoms with van der Waals surface area (Å²) in [6, 6.07) is 7.78. The number of rotatable bonds is 7. The SMILES string of the molecule is Cc1sc(C(C)NCCCC(=O)O)nc1-c1ccc(Cl)cc1. The Balaban J connectivity index is 2.02. The molecule has 1 aromatic heterocycles. The summed E-state index contributed by atoms with van der Waals surface area (Å²) in [6.45, 7) is 4.77. The first-order chi connectivity index (χ1) is 10.5. The van der Waals surface area contributed by atoms with Crippen molar-refractivity contribution in [2.24, 2.45) is 0 Å². The van der Waals surface area contributed by atoms with Crippen molar-refractivity contribution in [2.45, 2.75) is 32.7 Å². The number of carboxylic acids is 1. The van der Waals surface area contributed by atoms with Crippen molar-refractivity contribution in [1.29, 1.82) is 0 Å². The van der Waals surface area contributed by atoms with E-state index in [1.54, 1.807) is 11.3 Å². The van der Waals surface area contributed by atoms with Crippen molar-refractivity contribution >= 4 is 28.9 Å². The van der Waals surface area contributed by atoms with Gasteiger partial charge >= 0.3 is 5.97 Å². The number of aryl methyl sites for hydroxylation is 1. The Hall–Kier alpha value is -1.43. The molecule has 1 atom stereocenters. The highest BCUT2D eigenvalue weighted by molar-refractivity contribution is 7.12. The number of carbonyl (C=O) groups is 1. The van der Waals surface area contributed by atoms with Gasteiger partial charge in [0.05, 0.1) is 11.7 Å². The number of halogens is 1. The van der Waals surface area contributed by atoms with E-state index in [4.69, 9.17) is 21.7 Å². The minimum Gasteiger partial charge on any atom is -0.481 e. The zero-order valence-corrected chi connectivity index (χ0v) is 14.2. The van der Waals surface area contributed by atoms with Gasteiger partial charge in [-0.3, -0.25) is 4.79 Å². The number of nitrogens with one attached hydrogen (secondary N) is 1. The number of nitrogens with zero attached hydrogens (tertiary/aromatic N) is 1. The van der Waals surface area contributed by atoms with Crippen molar-refractivity contribution < 1.29 is 9.90 Å². The van der Waals surface area contributed by atoms with Crippen LogP contribution in [0, 0.1) is 6.92 Å². The molecule has 1 aromatic carbocycles. The van der Waals surface area contributed by atoms with Gasteiger partial charge in [0.25, 0.3) is 0 Å². The lowest BCUT2D eigenvalue weighted by Crippen LogP contribution is -2.20. The molecule has 1 heterocycles. The molecule has 1 unspecified atom stereocenters. The second kappa shape index (κ2) is 7.72. The van der Waals surface area contributed by atoms with E-state index in [0.717, 1.165) is 21.1 Å². The summed E-state index contributed by atoms with van der Waals surface area (Å²) < 4.78 is 0. The van der Waals surface area contributed by atoms with Crippen molar-refractivity contribution in [3.8, 4) is 11.3 Å². The fourth-order valence-electron chi connectivity index (χ4n) is 2.12. The number of aromatic nitrogens is 1. The smallest absolute Gasteiger partial charge is 0.303 e. The summed E-state index contributed by atoms with van der Waals surface area (Å²) in [7, 11) is 0. The van der Waals surface area contributed by atoms with E-state index in [9.17, 15) is 4.79 Å². The topological polar surface area (TPSA) is 62.2 Å². The van der Waals surface area contributed by atoms with Gasteiger partial charge in [0.15, 0.2) is 0 Å². The molecule has 0 spiro atoms. The van der Waals surface area contributed by atoms with Crippen molar-refractivity contribution in [1.82, 2.24) is 10.3 Å². The Kier molecular flexibility index (Phi) is 5.94. The second-order valence-electron chi connectivity index (χ2n) is 5.14. The summed E-state index contributed by atoms with van der Waals surface area (Å²) in [5.41, 5.74) is 2.04. The predicted octanol–water partition coefficient (Wildman–Crippen LogP) is 4.29. The number of carboxylic acid groups (broad SMARTS) is 1. The van der Waals surface area contributed by atoms with Crippen LogP contribution in [0.2, 0.25) is 5.02 Å². The predicted molar refractivity (Wildman–Crippen MR) is 90.6 cm³/mol. The molecule has 0 saturated carbocycles. The summed E-state index contributed by atoms with van der Waals surface area (Å²) in [6.07, 6.45) is 0.806. The quantitative estimate of drug-likeness (QED) is 0.739. The van der Waals surface area contributed by atoms with Gasteiger partial charge in [0.1, 0.15) is 5.01 Å². The molecule has 2 aromatic rings. The maximum atomic E-state index is 10.5. The lowest BCUT2D eigenvalue weighted by molar-refractivity contribution is -0.137. The maximum Gasteiger partial charge on any atom is 0.303 e. The third-order valence-corrected chi connectivity index (χ3v) is 4.72. The Bertz CT molecular complexity index is 640. The van der Waals surface area contributed by atoms with Gasteiger partial charge in [-0.05, 0) is 38.9 Å². The van der Waals surface area contributed by atoms with Crippen LogP contribution in [-0.4, -0.2) is 22.6 Å². The fourth-order valence-corrected chi connectivity index (χ4v) is 3.22. The fraction of sp³-hybridized carbons (Fsp3) is 0.375. The van der Waals surface area contributed by atoms with Gasteiger partial charge < -0.3 is 10.4 Å². The number of hydrogen-bond acceptors (Lipinski definition) is 4. The van der Waals surface area contributed by atoms with Crippen LogP contribution in [-0.2, 0) is 4.79 Å². The lowest BCUT2D eigenvalue weighted by atomic mass is 10.1. The van der Waals surface area contributed by atoms with Crippen molar-refractivity contribution in [2.75, 3.05) is 6.54 Å². The monoisotopic (exact) mass is 338 g/mol. The van der Waals surface area contributed by atoms with Crippen molar-refractivity contribution in [3.05, 3.63) is 39.2 Å². The van der Waals surface area contributed by atoms with Crippen LogP contribution in [0.4, 0.5) is 0 Å². The van der Waals surface area contributed by atoms with Crippen LogP contribution in [0.25, 0.3) is 11.3 Å². The third-order valence-electron chi connectivity index (χ3n) is 3.32. The van der Waals surface area contributed by atoms with Gasteiger partial charge in [-0.1, -0.05) is 23.7 Å². The Morgan fingerprint density at radius 3 is 2.73 bits per heavy atom. The van der Waals surface area contributed by atoms with Gasteiger partial charge in [0, 0.05) is 21.9 Å². The summed E-state index contributed by atoms with van der Waals surface area (Å²) in [5, 5.41) is 13.7. The molecule has 0 amide bonds. The summed E-state index contributed by atoms with van der Waals surface area (Å²) in [4.78, 5) is 16.4. The molecule has 0 aliphatic heterocycles. The minimum absolute atomic E-state index is 0.110. The Morgan fingerprint density at radius 1 is 1.41 bits per heavy atom. The number of benzene rings is 1. The van der Waals surface area contributed by atoms with Crippen LogP contribution >= 0.6 is 22.9 Å². The van der Waals surface area contributed by atoms with E-state index >= 15 is 0 Å². The molecule has 2 rings (SSSR count). The molecule has 0 radical (unpaired) electrons. The molecule has 0 aliphatic carbocycles. The van der Waals surface area contributed by atoms with Gasteiger partial charge in [-0.2, -0.15) is 0 Å². The average Bonchev–Trinajstić information content (AvgIpc) is 2.86. The van der Waals surface area contributed by atoms with Crippen LogP contribution in [0.5, 0.6) is 0 Å². The largest absolute Gasteiger partial charge is 0.481 e. The molecule has 0 fully saturated rings. The van der Waals surface area contributed by atoms with Crippen LogP contribution in [0.15, 0.2) is 24.3 Å². The first-order valence-corrected chi connectivity index (χ1v) is 8.35. The van der Waals surface area contributed by atoms with Crippen LogP contribution in [0.1, 0.15) is 35.7 Å². The summed E-state index contributed by atoms with van der Waals surface area (Å²) in [5.74, 6) is -0.760. The molecule has 0 aliphatic rings. The molecule has 22 heavy (non-hydrogen) atoms. The molecule has 0 saturated heterocycles. The molecule has 0 bridgehead atoms. The minimum atomic E-state index is -0.760. The molecular formula is C16H19ClN2O2S. The number of thiazole rings is 1. The highest BCUT2D eigenvalue weighted by atomic mass is 35.5. The molecular weight excluding hydrogens is 320 g/mol. The van der Waals surface area contributed by atoms with Crippen molar-refractivity contribution in [3.63, 3.8) is 0 Å². The van der Waals surface area contributed by atoms with E-state index < -0.39 is 5.97 Å². The van der Waals surface area contributed by atoms with E-state index in [1.807, 2.05) is 31.2 Å². The first-order valence-electron chi connectivity index (χ1n) is 7.16. The highest BCUT2D eigenvalue weighted by Gasteiger charge is 2.14. The molecule has 4 nitrogen and oxygen atoms in total. The highest BCUT2D eigenvalue weighted by Crippen LogP contribution is 2.31.